The summed E-state index contributed by atoms with van der Waals surface area (Å²) in [5.41, 5.74) is 2.79. The molecule has 4 heteroatoms. The van der Waals surface area contributed by atoms with E-state index < -0.39 is 0 Å². The average molecular weight is 261 g/mol. The summed E-state index contributed by atoms with van der Waals surface area (Å²) in [5.74, 6) is 1.51. The monoisotopic (exact) mass is 261 g/mol. The van der Waals surface area contributed by atoms with E-state index in [1.165, 1.54) is 11.8 Å². The van der Waals surface area contributed by atoms with Crippen LogP contribution in [-0.4, -0.2) is 15.9 Å². The van der Waals surface area contributed by atoms with Gasteiger partial charge in [-0.25, -0.2) is 4.98 Å². The van der Waals surface area contributed by atoms with Crippen molar-refractivity contribution < 1.29 is 9.21 Å². The number of rotatable bonds is 4. The molecule has 0 fully saturated rings. The highest BCUT2D eigenvalue weighted by Crippen LogP contribution is 2.17. The van der Waals surface area contributed by atoms with Crippen LogP contribution in [0.1, 0.15) is 24.8 Å². The number of hydrogen-bond acceptors (Lipinski definition) is 4. The lowest BCUT2D eigenvalue weighted by Gasteiger charge is -1.94. The molecule has 1 aromatic heterocycles. The molecule has 2 aromatic rings. The Morgan fingerprint density at radius 3 is 3.11 bits per heavy atom. The topological polar surface area (TPSA) is 43.1 Å². The van der Waals surface area contributed by atoms with Crippen LogP contribution in [0.3, 0.4) is 0 Å². The molecular weight excluding hydrogens is 246 g/mol. The first-order valence-corrected chi connectivity index (χ1v) is 6.81. The summed E-state index contributed by atoms with van der Waals surface area (Å²) in [6.45, 7) is 3.43. The molecule has 0 aliphatic heterocycles. The molecule has 0 aliphatic carbocycles. The van der Waals surface area contributed by atoms with Crippen molar-refractivity contribution in [3.63, 3.8) is 0 Å². The highest BCUT2D eigenvalue weighted by atomic mass is 32.2. The summed E-state index contributed by atoms with van der Waals surface area (Å²) in [7, 11) is 0. The maximum atomic E-state index is 10.7. The third-order valence-corrected chi connectivity index (χ3v) is 3.27. The second-order valence-electron chi connectivity index (χ2n) is 3.99. The fourth-order valence-corrected chi connectivity index (χ4v) is 2.19. The van der Waals surface area contributed by atoms with Gasteiger partial charge in [0.15, 0.2) is 16.6 Å². The van der Waals surface area contributed by atoms with E-state index in [-0.39, 0.29) is 5.12 Å². The molecule has 0 N–H and O–H groups in total. The molecule has 0 saturated carbocycles. The lowest BCUT2D eigenvalue weighted by atomic mass is 10.2. The Labute approximate surface area is 110 Å². The lowest BCUT2D eigenvalue weighted by Crippen LogP contribution is -1.83. The Hall–Kier alpha value is -1.55. The van der Waals surface area contributed by atoms with Gasteiger partial charge in [0.2, 0.25) is 0 Å². The minimum absolute atomic E-state index is 0.168. The molecule has 0 spiro atoms. The molecule has 0 radical (unpaired) electrons. The number of hydrogen-bond donors (Lipinski definition) is 0. The van der Waals surface area contributed by atoms with Crippen LogP contribution < -0.4 is 0 Å². The van der Waals surface area contributed by atoms with Gasteiger partial charge < -0.3 is 4.42 Å². The van der Waals surface area contributed by atoms with Crippen LogP contribution >= 0.6 is 11.8 Å². The van der Waals surface area contributed by atoms with Crippen LogP contribution in [0.4, 0.5) is 0 Å². The molecule has 0 unspecified atom stereocenters. The molecule has 3 nitrogen and oxygen atoms in total. The molecular formula is C14H15NO2S. The zero-order valence-electron chi connectivity index (χ0n) is 10.5. The van der Waals surface area contributed by atoms with Crippen molar-refractivity contribution in [2.24, 2.45) is 0 Å². The van der Waals surface area contributed by atoms with Gasteiger partial charge in [0, 0.05) is 19.6 Å². The minimum atomic E-state index is 0.168. The smallest absolute Gasteiger partial charge is 0.192 e. The Kier molecular flexibility index (Phi) is 4.20. The molecule has 0 bridgehead atoms. The first kappa shape index (κ1) is 12.9. The van der Waals surface area contributed by atoms with E-state index in [0.717, 1.165) is 28.8 Å². The van der Waals surface area contributed by atoms with E-state index in [2.05, 4.69) is 11.1 Å². The zero-order valence-corrected chi connectivity index (χ0v) is 11.3. The third kappa shape index (κ3) is 3.47. The van der Waals surface area contributed by atoms with Gasteiger partial charge in [0.25, 0.3) is 0 Å². The fraction of sp³-hybridized carbons (Fsp3) is 0.286. The number of aryl methyl sites for hydroxylation is 1. The number of fused-ring (bicyclic) bond motifs is 1. The van der Waals surface area contributed by atoms with Gasteiger partial charge in [-0.1, -0.05) is 30.0 Å². The lowest BCUT2D eigenvalue weighted by molar-refractivity contribution is -0.109. The number of carbonyl (C=O) groups is 1. The zero-order chi connectivity index (χ0) is 13.0. The molecule has 94 valence electrons. The summed E-state index contributed by atoms with van der Waals surface area (Å²) < 4.78 is 5.47. The van der Waals surface area contributed by atoms with Gasteiger partial charge in [-0.15, -0.1) is 0 Å². The van der Waals surface area contributed by atoms with Crippen LogP contribution in [0.25, 0.3) is 17.2 Å². The van der Waals surface area contributed by atoms with Crippen LogP contribution in [0.15, 0.2) is 28.7 Å². The summed E-state index contributed by atoms with van der Waals surface area (Å²) in [4.78, 5) is 15.0. The maximum Gasteiger partial charge on any atom is 0.192 e. The standard InChI is InChI=1S/C14H15NO2S/c1-10-15-13-7-6-12(9-14(13)17-10)5-3-4-8-18-11(2)16/h3,5-7,9H,4,8H2,1-2H3. The molecule has 1 aromatic carbocycles. The predicted molar refractivity (Wildman–Crippen MR) is 75.5 cm³/mol. The fourth-order valence-electron chi connectivity index (χ4n) is 1.65. The van der Waals surface area contributed by atoms with Crippen LogP contribution in [0, 0.1) is 6.92 Å². The Bertz CT molecular complexity index is 586. The quantitative estimate of drug-likeness (QED) is 0.785. The van der Waals surface area contributed by atoms with Crippen molar-refractivity contribution in [1.29, 1.82) is 0 Å². The molecule has 0 aliphatic rings. The van der Waals surface area contributed by atoms with Crippen molar-refractivity contribution in [2.75, 3.05) is 5.75 Å². The van der Waals surface area contributed by atoms with Gasteiger partial charge >= 0.3 is 0 Å². The first-order valence-electron chi connectivity index (χ1n) is 5.82. The van der Waals surface area contributed by atoms with E-state index in [1.54, 1.807) is 6.92 Å². The van der Waals surface area contributed by atoms with E-state index in [9.17, 15) is 4.79 Å². The van der Waals surface area contributed by atoms with Gasteiger partial charge in [0.1, 0.15) is 5.52 Å². The summed E-state index contributed by atoms with van der Waals surface area (Å²) in [5, 5.41) is 0.168. The highest BCUT2D eigenvalue weighted by Gasteiger charge is 2.01. The Balaban J connectivity index is 1.98. The second-order valence-corrected chi connectivity index (χ2v) is 5.26. The number of allylic oxidation sites excluding steroid dienone is 1. The van der Waals surface area contributed by atoms with E-state index in [1.807, 2.05) is 31.2 Å². The van der Waals surface area contributed by atoms with Gasteiger partial charge in [0.05, 0.1) is 0 Å². The average Bonchev–Trinajstić information content (AvgIpc) is 2.67. The van der Waals surface area contributed by atoms with Gasteiger partial charge in [-0.3, -0.25) is 4.79 Å². The van der Waals surface area contributed by atoms with Crippen molar-refractivity contribution >= 4 is 34.1 Å². The normalized spacial score (nSPS) is 11.4. The SMILES string of the molecule is CC(=O)SCCC=Cc1ccc2nc(C)oc2c1. The second kappa shape index (κ2) is 5.87. The number of carbonyl (C=O) groups excluding carboxylic acids is 1. The van der Waals surface area contributed by atoms with E-state index >= 15 is 0 Å². The minimum Gasteiger partial charge on any atom is -0.441 e. The first-order chi connectivity index (χ1) is 8.65. The number of aromatic nitrogens is 1. The third-order valence-electron chi connectivity index (χ3n) is 2.42. The predicted octanol–water partition coefficient (Wildman–Crippen LogP) is 3.82. The van der Waals surface area contributed by atoms with Crippen molar-refractivity contribution in [2.45, 2.75) is 20.3 Å². The number of nitrogens with zero attached hydrogens (tertiary/aromatic N) is 1. The molecule has 0 amide bonds. The molecule has 18 heavy (non-hydrogen) atoms. The van der Waals surface area contributed by atoms with Crippen molar-refractivity contribution in [1.82, 2.24) is 4.98 Å². The number of thioether (sulfide) groups is 1. The summed E-state index contributed by atoms with van der Waals surface area (Å²) >= 11 is 1.35. The van der Waals surface area contributed by atoms with E-state index in [0.29, 0.717) is 5.89 Å². The van der Waals surface area contributed by atoms with Crippen LogP contribution in [0.5, 0.6) is 0 Å². The largest absolute Gasteiger partial charge is 0.441 e. The van der Waals surface area contributed by atoms with Crippen molar-refractivity contribution in [3.8, 4) is 0 Å². The summed E-state index contributed by atoms with van der Waals surface area (Å²) in [6.07, 6.45) is 5.00. The Morgan fingerprint density at radius 2 is 2.33 bits per heavy atom. The van der Waals surface area contributed by atoms with E-state index in [4.69, 9.17) is 4.42 Å². The highest BCUT2D eigenvalue weighted by molar-refractivity contribution is 8.13. The van der Waals surface area contributed by atoms with Crippen molar-refractivity contribution in [3.05, 3.63) is 35.7 Å². The Morgan fingerprint density at radius 1 is 1.50 bits per heavy atom. The number of benzene rings is 1. The van der Waals surface area contributed by atoms with Gasteiger partial charge in [-0.2, -0.15) is 0 Å². The maximum absolute atomic E-state index is 10.7. The van der Waals surface area contributed by atoms with Crippen LogP contribution in [-0.2, 0) is 4.79 Å². The molecule has 0 saturated heterocycles. The molecule has 1 heterocycles. The summed E-state index contributed by atoms with van der Waals surface area (Å²) in [6, 6.07) is 5.94. The van der Waals surface area contributed by atoms with Crippen LogP contribution in [0.2, 0.25) is 0 Å². The van der Waals surface area contributed by atoms with Gasteiger partial charge in [-0.05, 0) is 24.1 Å². The molecule has 2 rings (SSSR count). The number of oxazole rings is 1. The molecule has 0 atom stereocenters.